The van der Waals surface area contributed by atoms with Crippen molar-refractivity contribution in [2.24, 2.45) is 0 Å². The summed E-state index contributed by atoms with van der Waals surface area (Å²) in [6.45, 7) is 0. The van der Waals surface area contributed by atoms with Gasteiger partial charge in [-0.05, 0) is 34.7 Å². The molecular weight excluding hydrogens is 298 g/mol. The third kappa shape index (κ3) is 1.57. The number of nitrogens with two attached hydrogens (primary N) is 1. The van der Waals surface area contributed by atoms with E-state index in [1.54, 1.807) is 12.1 Å². The van der Waals surface area contributed by atoms with Crippen LogP contribution in [0, 0.1) is 9.39 Å². The minimum atomic E-state index is -0.280. The van der Waals surface area contributed by atoms with Crippen molar-refractivity contribution >= 4 is 28.4 Å². The van der Waals surface area contributed by atoms with Crippen molar-refractivity contribution in [1.82, 2.24) is 15.0 Å². The molecule has 1 aromatic carbocycles. The number of aromatic nitrogens is 3. The number of hydrogen-bond acceptors (Lipinski definition) is 3. The van der Waals surface area contributed by atoms with Crippen LogP contribution in [0.4, 0.5) is 10.2 Å². The van der Waals surface area contributed by atoms with Crippen molar-refractivity contribution in [1.29, 1.82) is 0 Å². The molecule has 0 radical (unpaired) electrons. The molecule has 0 saturated carbocycles. The molecule has 0 saturated heterocycles. The van der Waals surface area contributed by atoms with Crippen LogP contribution in [0.3, 0.4) is 0 Å². The Labute approximate surface area is 93.1 Å². The summed E-state index contributed by atoms with van der Waals surface area (Å²) in [5.74, 6) is 0.0298. The fraction of sp³-hybridized carbons (Fsp3) is 0. The van der Waals surface area contributed by atoms with Crippen LogP contribution < -0.4 is 5.73 Å². The van der Waals surface area contributed by atoms with Crippen LogP contribution in [0.2, 0.25) is 0 Å². The fourth-order valence-electron chi connectivity index (χ4n) is 1.06. The minimum Gasteiger partial charge on any atom is -0.381 e. The van der Waals surface area contributed by atoms with Gasteiger partial charge in [-0.15, -0.1) is 5.10 Å². The van der Waals surface area contributed by atoms with E-state index in [1.165, 1.54) is 16.9 Å². The van der Waals surface area contributed by atoms with Gasteiger partial charge >= 0.3 is 0 Å². The molecule has 14 heavy (non-hydrogen) atoms. The highest BCUT2D eigenvalue weighted by Crippen LogP contribution is 2.19. The van der Waals surface area contributed by atoms with E-state index in [1.807, 2.05) is 22.6 Å². The first-order valence-corrected chi connectivity index (χ1v) is 4.88. The van der Waals surface area contributed by atoms with Crippen LogP contribution in [0.25, 0.3) is 5.69 Å². The lowest BCUT2D eigenvalue weighted by atomic mass is 10.3. The molecule has 6 heteroatoms. The highest BCUT2D eigenvalue weighted by atomic mass is 127. The summed E-state index contributed by atoms with van der Waals surface area (Å²) in [6, 6.07) is 4.76. The number of rotatable bonds is 1. The van der Waals surface area contributed by atoms with Crippen molar-refractivity contribution in [2.75, 3.05) is 5.73 Å². The average Bonchev–Trinajstić information content (AvgIpc) is 2.57. The number of benzene rings is 1. The normalized spacial score (nSPS) is 10.4. The quantitative estimate of drug-likeness (QED) is 0.814. The van der Waals surface area contributed by atoms with Crippen LogP contribution in [-0.2, 0) is 0 Å². The first kappa shape index (κ1) is 9.38. The average molecular weight is 304 g/mol. The maximum absolute atomic E-state index is 13.2. The zero-order chi connectivity index (χ0) is 10.1. The summed E-state index contributed by atoms with van der Waals surface area (Å²) in [6.07, 6.45) is 1.54. The Hall–Kier alpha value is -1.18. The zero-order valence-corrected chi connectivity index (χ0v) is 9.14. The molecule has 72 valence electrons. The fourth-order valence-corrected chi connectivity index (χ4v) is 1.67. The molecule has 2 N–H and O–H groups in total. The molecule has 1 aromatic heterocycles. The smallest absolute Gasteiger partial charge is 0.166 e. The Bertz CT molecular complexity index is 468. The predicted octanol–water partition coefficient (Wildman–Crippen LogP) is 1.59. The van der Waals surface area contributed by atoms with Crippen LogP contribution in [0.15, 0.2) is 24.4 Å². The van der Waals surface area contributed by atoms with Crippen LogP contribution in [0.5, 0.6) is 0 Å². The molecule has 2 rings (SSSR count). The van der Waals surface area contributed by atoms with Gasteiger partial charge in [0.1, 0.15) is 5.82 Å². The molecule has 0 bridgehead atoms. The first-order valence-electron chi connectivity index (χ1n) is 3.80. The predicted molar refractivity (Wildman–Crippen MR) is 58.4 cm³/mol. The van der Waals surface area contributed by atoms with Crippen molar-refractivity contribution < 1.29 is 4.39 Å². The maximum Gasteiger partial charge on any atom is 0.166 e. The summed E-state index contributed by atoms with van der Waals surface area (Å²) in [4.78, 5) is 0. The van der Waals surface area contributed by atoms with Gasteiger partial charge in [-0.1, -0.05) is 11.3 Å². The number of anilines is 1. The lowest BCUT2D eigenvalue weighted by molar-refractivity contribution is 0.616. The molecule has 0 aliphatic heterocycles. The molecule has 2 aromatic rings. The number of nitrogens with zero attached hydrogens (tertiary/aromatic N) is 3. The van der Waals surface area contributed by atoms with E-state index in [0.29, 0.717) is 15.1 Å². The second-order valence-corrected chi connectivity index (χ2v) is 3.74. The largest absolute Gasteiger partial charge is 0.381 e. The lowest BCUT2D eigenvalue weighted by Gasteiger charge is -2.03. The van der Waals surface area contributed by atoms with Gasteiger partial charge in [0.2, 0.25) is 0 Å². The van der Waals surface area contributed by atoms with E-state index in [9.17, 15) is 4.39 Å². The van der Waals surface area contributed by atoms with E-state index in [0.717, 1.165) is 0 Å². The zero-order valence-electron chi connectivity index (χ0n) is 6.98. The van der Waals surface area contributed by atoms with Gasteiger partial charge in [0.25, 0.3) is 0 Å². The van der Waals surface area contributed by atoms with Gasteiger partial charge in [0.05, 0.1) is 15.5 Å². The first-order chi connectivity index (χ1) is 6.68. The molecule has 0 aliphatic carbocycles. The summed E-state index contributed by atoms with van der Waals surface area (Å²) in [5.41, 5.74) is 6.05. The van der Waals surface area contributed by atoms with E-state index < -0.39 is 0 Å². The molecule has 0 aliphatic rings. The van der Waals surface area contributed by atoms with E-state index in [2.05, 4.69) is 10.3 Å². The van der Waals surface area contributed by atoms with Crippen molar-refractivity contribution in [3.8, 4) is 5.69 Å². The van der Waals surface area contributed by atoms with Gasteiger partial charge in [0, 0.05) is 0 Å². The van der Waals surface area contributed by atoms with E-state index in [-0.39, 0.29) is 5.82 Å². The molecule has 4 nitrogen and oxygen atoms in total. The lowest BCUT2D eigenvalue weighted by Crippen LogP contribution is -1.99. The van der Waals surface area contributed by atoms with Crippen LogP contribution in [0.1, 0.15) is 0 Å². The minimum absolute atomic E-state index is 0.280. The van der Waals surface area contributed by atoms with E-state index in [4.69, 9.17) is 5.73 Å². The summed E-state index contributed by atoms with van der Waals surface area (Å²) >= 11 is 1.91. The summed E-state index contributed by atoms with van der Waals surface area (Å²) < 4.78 is 15.1. The number of halogens is 2. The van der Waals surface area contributed by atoms with Crippen molar-refractivity contribution in [3.63, 3.8) is 0 Å². The standard InChI is InChI=1S/C8H6FIN4/c9-5-2-1-3-6(8(5)10)14-4-7(11)12-13-14/h1-4H,11H2. The second-order valence-electron chi connectivity index (χ2n) is 2.66. The third-order valence-electron chi connectivity index (χ3n) is 1.69. The topological polar surface area (TPSA) is 56.7 Å². The van der Waals surface area contributed by atoms with Gasteiger partial charge in [-0.3, -0.25) is 0 Å². The Morgan fingerprint density at radius 1 is 1.43 bits per heavy atom. The van der Waals surface area contributed by atoms with E-state index >= 15 is 0 Å². The third-order valence-corrected chi connectivity index (χ3v) is 2.76. The highest BCUT2D eigenvalue weighted by Gasteiger charge is 2.07. The maximum atomic E-state index is 13.2. The SMILES string of the molecule is Nc1cn(-c2cccc(F)c2I)nn1. The number of nitrogen functional groups attached to an aromatic ring is 1. The van der Waals surface area contributed by atoms with Crippen molar-refractivity contribution in [2.45, 2.75) is 0 Å². The van der Waals surface area contributed by atoms with Crippen LogP contribution in [-0.4, -0.2) is 15.0 Å². The Morgan fingerprint density at radius 2 is 2.21 bits per heavy atom. The summed E-state index contributed by atoms with van der Waals surface area (Å²) in [7, 11) is 0. The number of hydrogen-bond donors (Lipinski definition) is 1. The molecular formula is C8H6FIN4. The molecule has 1 heterocycles. The molecule has 0 spiro atoms. The molecule has 0 amide bonds. The Kier molecular flexibility index (Phi) is 2.36. The highest BCUT2D eigenvalue weighted by molar-refractivity contribution is 14.1. The van der Waals surface area contributed by atoms with Gasteiger partial charge in [-0.25, -0.2) is 9.07 Å². The van der Waals surface area contributed by atoms with Gasteiger partial charge in [-0.2, -0.15) is 0 Å². The summed E-state index contributed by atoms with van der Waals surface area (Å²) in [5, 5.41) is 7.39. The van der Waals surface area contributed by atoms with Crippen LogP contribution >= 0.6 is 22.6 Å². The monoisotopic (exact) mass is 304 g/mol. The Morgan fingerprint density at radius 3 is 2.86 bits per heavy atom. The Balaban J connectivity index is 2.57. The molecule has 0 atom stereocenters. The molecule has 0 fully saturated rings. The van der Waals surface area contributed by atoms with Crippen molar-refractivity contribution in [3.05, 3.63) is 33.8 Å². The van der Waals surface area contributed by atoms with Gasteiger partial charge < -0.3 is 5.73 Å². The second kappa shape index (κ2) is 3.52. The van der Waals surface area contributed by atoms with Gasteiger partial charge in [0.15, 0.2) is 5.82 Å². The molecule has 0 unspecified atom stereocenters.